The second-order valence-corrected chi connectivity index (χ2v) is 5.41. The first-order chi connectivity index (χ1) is 11.9. The highest BCUT2D eigenvalue weighted by Crippen LogP contribution is 2.29. The maximum Gasteiger partial charge on any atom is 0.416 e. The quantitative estimate of drug-likeness (QED) is 0.737. The zero-order chi connectivity index (χ0) is 17.9. The van der Waals surface area contributed by atoms with Crippen molar-refractivity contribution in [2.24, 2.45) is 0 Å². The number of halogens is 3. The van der Waals surface area contributed by atoms with E-state index in [4.69, 9.17) is 4.42 Å². The zero-order valence-electron chi connectivity index (χ0n) is 13.0. The summed E-state index contributed by atoms with van der Waals surface area (Å²) in [6.07, 6.45) is -2.94. The summed E-state index contributed by atoms with van der Waals surface area (Å²) in [6, 6.07) is 16.2. The number of hydrogen-bond donors (Lipinski definition) is 1. The molecule has 0 aliphatic rings. The van der Waals surface area contributed by atoms with Crippen LogP contribution in [0.1, 0.15) is 33.3 Å². The zero-order valence-corrected chi connectivity index (χ0v) is 13.0. The fourth-order valence-electron chi connectivity index (χ4n) is 2.44. The molecule has 1 atom stereocenters. The van der Waals surface area contributed by atoms with Crippen LogP contribution in [0.25, 0.3) is 0 Å². The van der Waals surface area contributed by atoms with Gasteiger partial charge in [-0.05, 0) is 42.0 Å². The molecule has 1 aromatic heterocycles. The summed E-state index contributed by atoms with van der Waals surface area (Å²) in [5, 5.41) is 2.80. The lowest BCUT2D eigenvalue weighted by Gasteiger charge is -2.17. The molecular formula is C19H14F3NO2. The predicted molar refractivity (Wildman–Crippen MR) is 85.9 cm³/mol. The third-order valence-electron chi connectivity index (χ3n) is 3.71. The molecule has 0 fully saturated rings. The Hall–Kier alpha value is -3.02. The Morgan fingerprint density at radius 2 is 1.60 bits per heavy atom. The Bertz CT molecular complexity index is 825. The highest BCUT2D eigenvalue weighted by molar-refractivity contribution is 5.94. The number of carbonyl (C=O) groups excluding carboxylic acids is 1. The van der Waals surface area contributed by atoms with Crippen LogP contribution in [0.2, 0.25) is 0 Å². The van der Waals surface area contributed by atoms with Crippen molar-refractivity contribution < 1.29 is 22.4 Å². The van der Waals surface area contributed by atoms with E-state index in [1.165, 1.54) is 6.26 Å². The maximum atomic E-state index is 12.6. The fourth-order valence-corrected chi connectivity index (χ4v) is 2.44. The van der Waals surface area contributed by atoms with Gasteiger partial charge < -0.3 is 9.73 Å². The summed E-state index contributed by atoms with van der Waals surface area (Å²) in [6.45, 7) is 0. The molecule has 1 amide bonds. The van der Waals surface area contributed by atoms with E-state index in [2.05, 4.69) is 5.32 Å². The first-order valence-corrected chi connectivity index (χ1v) is 7.51. The minimum atomic E-state index is -4.43. The van der Waals surface area contributed by atoms with Crippen molar-refractivity contribution in [1.82, 2.24) is 5.32 Å². The Morgan fingerprint density at radius 1 is 0.920 bits per heavy atom. The van der Waals surface area contributed by atoms with Gasteiger partial charge in [0.1, 0.15) is 11.8 Å². The van der Waals surface area contributed by atoms with Crippen molar-refractivity contribution in [1.29, 1.82) is 0 Å². The summed E-state index contributed by atoms with van der Waals surface area (Å²) >= 11 is 0. The number of carbonyl (C=O) groups is 1. The second-order valence-electron chi connectivity index (χ2n) is 5.41. The topological polar surface area (TPSA) is 42.2 Å². The van der Waals surface area contributed by atoms with E-state index in [0.29, 0.717) is 5.76 Å². The number of hydrogen-bond acceptors (Lipinski definition) is 2. The van der Waals surface area contributed by atoms with E-state index in [1.807, 2.05) is 30.3 Å². The van der Waals surface area contributed by atoms with Gasteiger partial charge >= 0.3 is 6.18 Å². The highest BCUT2D eigenvalue weighted by atomic mass is 19.4. The van der Waals surface area contributed by atoms with Gasteiger partial charge in [-0.15, -0.1) is 0 Å². The minimum Gasteiger partial charge on any atom is -0.467 e. The molecule has 2 aromatic carbocycles. The summed E-state index contributed by atoms with van der Waals surface area (Å²) in [7, 11) is 0. The van der Waals surface area contributed by atoms with Gasteiger partial charge in [0.2, 0.25) is 0 Å². The van der Waals surface area contributed by atoms with Crippen LogP contribution in [0.15, 0.2) is 77.4 Å². The van der Waals surface area contributed by atoms with E-state index in [-0.39, 0.29) is 5.56 Å². The molecule has 0 saturated carbocycles. The molecule has 1 N–H and O–H groups in total. The molecule has 0 bridgehead atoms. The number of amides is 1. The van der Waals surface area contributed by atoms with Crippen LogP contribution in [-0.4, -0.2) is 5.91 Å². The van der Waals surface area contributed by atoms with Crippen LogP contribution in [-0.2, 0) is 6.18 Å². The first-order valence-electron chi connectivity index (χ1n) is 7.51. The van der Waals surface area contributed by atoms with Crippen LogP contribution in [0.4, 0.5) is 13.2 Å². The SMILES string of the molecule is O=C(N[C@@H](c1ccccc1)c1ccco1)c1ccc(C(F)(F)F)cc1. The summed E-state index contributed by atoms with van der Waals surface area (Å²) in [4.78, 5) is 12.5. The van der Waals surface area contributed by atoms with Crippen molar-refractivity contribution in [3.63, 3.8) is 0 Å². The average Bonchev–Trinajstić information content (AvgIpc) is 3.14. The van der Waals surface area contributed by atoms with E-state index >= 15 is 0 Å². The molecule has 0 saturated heterocycles. The molecule has 128 valence electrons. The molecule has 25 heavy (non-hydrogen) atoms. The van der Waals surface area contributed by atoms with Gasteiger partial charge in [0.15, 0.2) is 0 Å². The van der Waals surface area contributed by atoms with Crippen LogP contribution >= 0.6 is 0 Å². The molecule has 0 spiro atoms. The monoisotopic (exact) mass is 345 g/mol. The number of furan rings is 1. The number of rotatable bonds is 4. The molecular weight excluding hydrogens is 331 g/mol. The van der Waals surface area contributed by atoms with E-state index in [0.717, 1.165) is 29.8 Å². The van der Waals surface area contributed by atoms with E-state index in [9.17, 15) is 18.0 Å². The average molecular weight is 345 g/mol. The lowest BCUT2D eigenvalue weighted by Crippen LogP contribution is -2.29. The molecule has 0 aliphatic carbocycles. The summed E-state index contributed by atoms with van der Waals surface area (Å²) < 4.78 is 43.3. The van der Waals surface area contributed by atoms with Crippen LogP contribution in [0.5, 0.6) is 0 Å². The standard InChI is InChI=1S/C19H14F3NO2/c20-19(21,22)15-10-8-14(9-11-15)18(24)23-17(16-7-4-12-25-16)13-5-2-1-3-6-13/h1-12,17H,(H,23,24)/t17-/m0/s1. The summed E-state index contributed by atoms with van der Waals surface area (Å²) in [5.74, 6) is 0.0467. The van der Waals surface area contributed by atoms with Gasteiger partial charge in [0.05, 0.1) is 11.8 Å². The Labute approximate surface area is 142 Å². The minimum absolute atomic E-state index is 0.139. The third kappa shape index (κ3) is 3.91. The number of nitrogens with one attached hydrogen (secondary N) is 1. The van der Waals surface area contributed by atoms with E-state index < -0.39 is 23.7 Å². The van der Waals surface area contributed by atoms with Crippen molar-refractivity contribution in [3.05, 3.63) is 95.4 Å². The fraction of sp³-hybridized carbons (Fsp3) is 0.105. The first kappa shape index (κ1) is 16.8. The van der Waals surface area contributed by atoms with Gasteiger partial charge in [-0.2, -0.15) is 13.2 Å². The predicted octanol–water partition coefficient (Wildman–Crippen LogP) is 4.82. The molecule has 3 nitrogen and oxygen atoms in total. The van der Waals surface area contributed by atoms with E-state index in [1.54, 1.807) is 12.1 Å². The van der Waals surface area contributed by atoms with Crippen molar-refractivity contribution in [2.45, 2.75) is 12.2 Å². The van der Waals surface area contributed by atoms with Gasteiger partial charge in [-0.3, -0.25) is 4.79 Å². The number of benzene rings is 2. The van der Waals surface area contributed by atoms with Crippen molar-refractivity contribution in [2.75, 3.05) is 0 Å². The largest absolute Gasteiger partial charge is 0.467 e. The normalized spacial score (nSPS) is 12.6. The highest BCUT2D eigenvalue weighted by Gasteiger charge is 2.30. The molecule has 0 unspecified atom stereocenters. The van der Waals surface area contributed by atoms with Gasteiger partial charge in [0.25, 0.3) is 5.91 Å². The van der Waals surface area contributed by atoms with Crippen LogP contribution in [0, 0.1) is 0 Å². The molecule has 0 aliphatic heterocycles. The Balaban J connectivity index is 1.84. The summed E-state index contributed by atoms with van der Waals surface area (Å²) in [5.41, 5.74) is 0.146. The molecule has 3 rings (SSSR count). The van der Waals surface area contributed by atoms with Crippen molar-refractivity contribution in [3.8, 4) is 0 Å². The smallest absolute Gasteiger partial charge is 0.416 e. The Kier molecular flexibility index (Phi) is 4.61. The number of alkyl halides is 3. The molecule has 6 heteroatoms. The van der Waals surface area contributed by atoms with Gasteiger partial charge in [-0.25, -0.2) is 0 Å². The Morgan fingerprint density at radius 3 is 2.16 bits per heavy atom. The molecule has 3 aromatic rings. The van der Waals surface area contributed by atoms with Crippen molar-refractivity contribution >= 4 is 5.91 Å². The lowest BCUT2D eigenvalue weighted by molar-refractivity contribution is -0.137. The van der Waals surface area contributed by atoms with Crippen LogP contribution < -0.4 is 5.32 Å². The van der Waals surface area contributed by atoms with Crippen LogP contribution in [0.3, 0.4) is 0 Å². The molecule has 1 heterocycles. The molecule has 0 radical (unpaired) electrons. The maximum absolute atomic E-state index is 12.6. The lowest BCUT2D eigenvalue weighted by atomic mass is 10.0. The second kappa shape index (κ2) is 6.84. The van der Waals surface area contributed by atoms with Gasteiger partial charge in [-0.1, -0.05) is 30.3 Å². The third-order valence-corrected chi connectivity index (χ3v) is 3.71. The van der Waals surface area contributed by atoms with Gasteiger partial charge in [0, 0.05) is 5.56 Å².